The van der Waals surface area contributed by atoms with Crippen LogP contribution in [0.4, 0.5) is 5.00 Å². The monoisotopic (exact) mass is 370 g/mol. The average Bonchev–Trinajstić information content (AvgIpc) is 3.16. The quantitative estimate of drug-likeness (QED) is 0.731. The Labute approximate surface area is 153 Å². The fourth-order valence-electron chi connectivity index (χ4n) is 3.26. The van der Waals surface area contributed by atoms with Crippen molar-refractivity contribution in [3.05, 3.63) is 39.8 Å². The van der Waals surface area contributed by atoms with Crippen molar-refractivity contribution in [2.75, 3.05) is 5.32 Å². The first-order chi connectivity index (χ1) is 12.4. The van der Waals surface area contributed by atoms with Crippen molar-refractivity contribution in [3.8, 4) is 0 Å². The standard InChI is InChI=1S/C17H18N6O2S/c1-8-3-4-10-11(7-8)26-16(12(10)13(18)24)21-15(25)14-20-17-19-6-5-9(2)23(17)22-14/h5-6,8H,3-4,7H2,1-2H3,(H2,18,24)(H,21,25)/t8-/m0/s1. The van der Waals surface area contributed by atoms with E-state index >= 15 is 0 Å². The Morgan fingerprint density at radius 3 is 2.96 bits per heavy atom. The second-order valence-corrected chi connectivity index (χ2v) is 7.71. The molecule has 0 saturated heterocycles. The molecule has 1 atom stereocenters. The maximum Gasteiger partial charge on any atom is 0.296 e. The van der Waals surface area contributed by atoms with Gasteiger partial charge in [-0.1, -0.05) is 6.92 Å². The van der Waals surface area contributed by atoms with Crippen LogP contribution >= 0.6 is 11.3 Å². The van der Waals surface area contributed by atoms with Gasteiger partial charge in [-0.2, -0.15) is 4.98 Å². The van der Waals surface area contributed by atoms with Gasteiger partial charge in [-0.15, -0.1) is 16.4 Å². The highest BCUT2D eigenvalue weighted by Gasteiger charge is 2.28. The molecule has 4 rings (SSSR count). The Morgan fingerprint density at radius 2 is 2.23 bits per heavy atom. The number of fused-ring (bicyclic) bond motifs is 2. The van der Waals surface area contributed by atoms with Crippen molar-refractivity contribution in [2.24, 2.45) is 11.7 Å². The van der Waals surface area contributed by atoms with E-state index in [2.05, 4.69) is 27.3 Å². The molecule has 0 bridgehead atoms. The number of nitrogens with one attached hydrogen (secondary N) is 1. The lowest BCUT2D eigenvalue weighted by molar-refractivity contribution is 0.1000. The van der Waals surface area contributed by atoms with Gasteiger partial charge in [0.15, 0.2) is 0 Å². The lowest BCUT2D eigenvalue weighted by atomic mass is 9.88. The fourth-order valence-corrected chi connectivity index (χ4v) is 4.67. The van der Waals surface area contributed by atoms with Crippen LogP contribution in [-0.2, 0) is 12.8 Å². The van der Waals surface area contributed by atoms with E-state index in [1.54, 1.807) is 12.3 Å². The summed E-state index contributed by atoms with van der Waals surface area (Å²) in [6.07, 6.45) is 4.32. The number of carbonyl (C=O) groups is 2. The van der Waals surface area contributed by atoms with Crippen LogP contribution in [0.5, 0.6) is 0 Å². The van der Waals surface area contributed by atoms with Gasteiger partial charge < -0.3 is 11.1 Å². The number of amides is 2. The molecule has 0 spiro atoms. The molecule has 3 N–H and O–H groups in total. The molecule has 3 aromatic rings. The number of nitrogens with two attached hydrogens (primary N) is 1. The summed E-state index contributed by atoms with van der Waals surface area (Å²) in [5, 5.41) is 7.45. The van der Waals surface area contributed by atoms with E-state index in [-0.39, 0.29) is 5.82 Å². The Morgan fingerprint density at radius 1 is 1.42 bits per heavy atom. The second-order valence-electron chi connectivity index (χ2n) is 6.61. The summed E-state index contributed by atoms with van der Waals surface area (Å²) in [7, 11) is 0. The number of hydrogen-bond acceptors (Lipinski definition) is 6. The molecule has 9 heteroatoms. The number of primary amides is 1. The summed E-state index contributed by atoms with van der Waals surface area (Å²) in [4.78, 5) is 34.0. The summed E-state index contributed by atoms with van der Waals surface area (Å²) < 4.78 is 1.50. The summed E-state index contributed by atoms with van der Waals surface area (Å²) in [5.74, 6) is -0.0945. The molecule has 8 nitrogen and oxygen atoms in total. The van der Waals surface area contributed by atoms with Crippen molar-refractivity contribution in [1.29, 1.82) is 0 Å². The second kappa shape index (κ2) is 6.17. The van der Waals surface area contributed by atoms with Gasteiger partial charge in [0.05, 0.1) is 5.56 Å². The minimum Gasteiger partial charge on any atom is -0.365 e. The normalized spacial score (nSPS) is 16.5. The Balaban J connectivity index is 1.69. The van der Waals surface area contributed by atoms with Crippen LogP contribution in [-0.4, -0.2) is 31.4 Å². The fraction of sp³-hybridized carbons (Fsp3) is 0.353. The lowest BCUT2D eigenvalue weighted by Gasteiger charge is -2.18. The van der Waals surface area contributed by atoms with Gasteiger partial charge in [-0.25, -0.2) is 9.50 Å². The number of thiophene rings is 1. The zero-order valence-corrected chi connectivity index (χ0v) is 15.3. The Kier molecular flexibility index (Phi) is 3.95. The molecule has 0 aromatic carbocycles. The minimum atomic E-state index is -0.521. The van der Waals surface area contributed by atoms with Crippen molar-refractivity contribution in [2.45, 2.75) is 33.1 Å². The molecule has 0 fully saturated rings. The molecule has 26 heavy (non-hydrogen) atoms. The molecule has 0 radical (unpaired) electrons. The molecule has 2 amide bonds. The zero-order valence-electron chi connectivity index (χ0n) is 14.4. The van der Waals surface area contributed by atoms with Crippen LogP contribution in [0.15, 0.2) is 12.3 Å². The third-order valence-electron chi connectivity index (χ3n) is 4.62. The van der Waals surface area contributed by atoms with Crippen LogP contribution in [0.3, 0.4) is 0 Å². The zero-order chi connectivity index (χ0) is 18.4. The summed E-state index contributed by atoms with van der Waals surface area (Å²) >= 11 is 1.42. The molecule has 0 aliphatic heterocycles. The number of nitrogens with zero attached hydrogens (tertiary/aromatic N) is 4. The SMILES string of the molecule is Cc1ccnc2nc(C(=O)Nc3sc4c(c3C(N)=O)CC[C@H](C)C4)nn12. The minimum absolute atomic E-state index is 0.00182. The number of anilines is 1. The van der Waals surface area contributed by atoms with Gasteiger partial charge in [0.1, 0.15) is 5.00 Å². The molecule has 1 aliphatic carbocycles. The van der Waals surface area contributed by atoms with Crippen LogP contribution in [0, 0.1) is 12.8 Å². The highest BCUT2D eigenvalue weighted by atomic mass is 32.1. The van der Waals surface area contributed by atoms with Crippen LogP contribution < -0.4 is 11.1 Å². The molecule has 1 aliphatic rings. The van der Waals surface area contributed by atoms with Crippen LogP contribution in [0.25, 0.3) is 5.78 Å². The van der Waals surface area contributed by atoms with E-state index in [0.717, 1.165) is 35.4 Å². The van der Waals surface area contributed by atoms with Gasteiger partial charge in [-0.3, -0.25) is 9.59 Å². The molecule has 3 heterocycles. The number of aromatic nitrogens is 4. The third kappa shape index (κ3) is 2.74. The highest BCUT2D eigenvalue weighted by Crippen LogP contribution is 2.39. The number of rotatable bonds is 3. The first kappa shape index (κ1) is 16.6. The summed E-state index contributed by atoms with van der Waals surface area (Å²) in [6.45, 7) is 4.03. The predicted octanol–water partition coefficient (Wildman–Crippen LogP) is 1.97. The van der Waals surface area contributed by atoms with E-state index in [0.29, 0.717) is 22.3 Å². The largest absolute Gasteiger partial charge is 0.365 e. The third-order valence-corrected chi connectivity index (χ3v) is 5.79. The first-order valence-corrected chi connectivity index (χ1v) is 9.19. The van der Waals surface area contributed by atoms with Crippen molar-refractivity contribution in [1.82, 2.24) is 19.6 Å². The van der Waals surface area contributed by atoms with E-state index in [4.69, 9.17) is 5.73 Å². The molecule has 134 valence electrons. The summed E-state index contributed by atoms with van der Waals surface area (Å²) in [5.41, 5.74) is 7.79. The van der Waals surface area contributed by atoms with Gasteiger partial charge >= 0.3 is 0 Å². The van der Waals surface area contributed by atoms with Crippen LogP contribution in [0.2, 0.25) is 0 Å². The van der Waals surface area contributed by atoms with E-state index in [9.17, 15) is 9.59 Å². The van der Waals surface area contributed by atoms with Gasteiger partial charge in [-0.05, 0) is 43.7 Å². The van der Waals surface area contributed by atoms with Gasteiger partial charge in [0.2, 0.25) is 5.82 Å². The van der Waals surface area contributed by atoms with Crippen molar-refractivity contribution in [3.63, 3.8) is 0 Å². The van der Waals surface area contributed by atoms with Crippen LogP contribution in [0.1, 0.15) is 50.5 Å². The first-order valence-electron chi connectivity index (χ1n) is 8.38. The van der Waals surface area contributed by atoms with Gasteiger partial charge in [0.25, 0.3) is 17.6 Å². The molecular formula is C17H18N6O2S. The van der Waals surface area contributed by atoms with E-state index < -0.39 is 11.8 Å². The molecule has 3 aromatic heterocycles. The topological polar surface area (TPSA) is 115 Å². The Bertz CT molecular complexity index is 1040. The smallest absolute Gasteiger partial charge is 0.296 e. The lowest BCUT2D eigenvalue weighted by Crippen LogP contribution is -2.20. The molecular weight excluding hydrogens is 352 g/mol. The average molecular weight is 370 g/mol. The molecule has 0 unspecified atom stereocenters. The maximum absolute atomic E-state index is 12.6. The highest BCUT2D eigenvalue weighted by molar-refractivity contribution is 7.17. The van der Waals surface area contributed by atoms with Gasteiger partial charge in [0, 0.05) is 16.8 Å². The predicted molar refractivity (Wildman–Crippen MR) is 97.5 cm³/mol. The maximum atomic E-state index is 12.6. The van der Waals surface area contributed by atoms with Crippen molar-refractivity contribution >= 4 is 33.9 Å². The van der Waals surface area contributed by atoms with Crippen molar-refractivity contribution < 1.29 is 9.59 Å². The van der Waals surface area contributed by atoms with E-state index in [1.165, 1.54) is 15.9 Å². The summed E-state index contributed by atoms with van der Waals surface area (Å²) in [6, 6.07) is 1.78. The van der Waals surface area contributed by atoms with E-state index in [1.807, 2.05) is 6.92 Å². The number of hydrogen-bond donors (Lipinski definition) is 2. The number of aryl methyl sites for hydroxylation is 1. The number of carbonyl (C=O) groups excluding carboxylic acids is 2. The molecule has 0 saturated carbocycles. The Hall–Kier alpha value is -2.81.